The molecule has 0 saturated heterocycles. The molecule has 2 rings (SSSR count). The van der Waals surface area contributed by atoms with Crippen molar-refractivity contribution in [1.29, 1.82) is 0 Å². The minimum atomic E-state index is -0.907. The van der Waals surface area contributed by atoms with Gasteiger partial charge in [-0.1, -0.05) is 13.0 Å². The van der Waals surface area contributed by atoms with Crippen LogP contribution in [0.2, 0.25) is 0 Å². The summed E-state index contributed by atoms with van der Waals surface area (Å²) in [4.78, 5) is 29.4. The molecular weight excluding hydrogens is 306 g/mol. The number of carbonyl (C=O) groups is 2. The summed E-state index contributed by atoms with van der Waals surface area (Å²) in [6.45, 7) is 6.22. The Morgan fingerprint density at radius 1 is 1.33 bits per heavy atom. The fourth-order valence-electron chi connectivity index (χ4n) is 2.69. The normalized spacial score (nSPS) is 12.0. The number of amides is 1. The van der Waals surface area contributed by atoms with Crippen LogP contribution in [0.5, 0.6) is 0 Å². The summed E-state index contributed by atoms with van der Waals surface area (Å²) in [6, 6.07) is 7.60. The van der Waals surface area contributed by atoms with Crippen LogP contribution in [0.1, 0.15) is 34.4 Å². The number of carboxylic acids is 1. The van der Waals surface area contributed by atoms with E-state index in [1.54, 1.807) is 20.2 Å². The van der Waals surface area contributed by atoms with Gasteiger partial charge in [-0.3, -0.25) is 14.6 Å². The molecule has 1 atom stereocenters. The third-order valence-electron chi connectivity index (χ3n) is 4.17. The smallest absolute Gasteiger partial charge is 0.308 e. The molecule has 0 fully saturated rings. The third-order valence-corrected chi connectivity index (χ3v) is 4.17. The van der Waals surface area contributed by atoms with Gasteiger partial charge in [0.05, 0.1) is 23.7 Å². The van der Waals surface area contributed by atoms with Gasteiger partial charge in [-0.25, -0.2) is 0 Å². The van der Waals surface area contributed by atoms with E-state index in [-0.39, 0.29) is 12.5 Å². The zero-order chi connectivity index (χ0) is 17.9. The Hall–Kier alpha value is -2.63. The summed E-state index contributed by atoms with van der Waals surface area (Å²) >= 11 is 0. The van der Waals surface area contributed by atoms with Crippen LogP contribution in [0.15, 0.2) is 30.5 Å². The van der Waals surface area contributed by atoms with Crippen LogP contribution in [0.25, 0.3) is 0 Å². The average Bonchev–Trinajstić information content (AvgIpc) is 2.83. The Morgan fingerprint density at radius 2 is 2.04 bits per heavy atom. The highest BCUT2D eigenvalue weighted by atomic mass is 16.4. The maximum atomic E-state index is 12.6. The van der Waals surface area contributed by atoms with E-state index in [4.69, 9.17) is 5.11 Å². The number of hydrogen-bond donors (Lipinski definition) is 1. The van der Waals surface area contributed by atoms with Gasteiger partial charge >= 0.3 is 5.97 Å². The number of carbonyl (C=O) groups excluding carboxylic acids is 1. The highest BCUT2D eigenvalue weighted by molar-refractivity contribution is 5.95. The van der Waals surface area contributed by atoms with Crippen molar-refractivity contribution in [3.05, 3.63) is 53.1 Å². The van der Waals surface area contributed by atoms with Crippen LogP contribution in [0.3, 0.4) is 0 Å². The van der Waals surface area contributed by atoms with Crippen LogP contribution in [-0.4, -0.2) is 45.0 Å². The fraction of sp³-hybridized carbons (Fsp3) is 0.389. The first kappa shape index (κ1) is 17.7. The maximum Gasteiger partial charge on any atom is 0.308 e. The first-order chi connectivity index (χ1) is 11.3. The Morgan fingerprint density at radius 3 is 2.62 bits per heavy atom. The largest absolute Gasteiger partial charge is 0.481 e. The Bertz CT molecular complexity index is 737. The van der Waals surface area contributed by atoms with Crippen molar-refractivity contribution in [3.63, 3.8) is 0 Å². The second kappa shape index (κ2) is 7.29. The maximum absolute atomic E-state index is 12.6. The Labute approximate surface area is 141 Å². The van der Waals surface area contributed by atoms with Crippen LogP contribution < -0.4 is 0 Å². The number of aromatic nitrogens is 2. The van der Waals surface area contributed by atoms with Crippen molar-refractivity contribution in [1.82, 2.24) is 14.5 Å². The molecule has 1 N–H and O–H groups in total. The van der Waals surface area contributed by atoms with Gasteiger partial charge in [0.15, 0.2) is 0 Å². The van der Waals surface area contributed by atoms with Crippen molar-refractivity contribution < 1.29 is 14.7 Å². The van der Waals surface area contributed by atoms with Crippen molar-refractivity contribution in [2.45, 2.75) is 27.3 Å². The molecule has 2 aromatic heterocycles. The highest BCUT2D eigenvalue weighted by Crippen LogP contribution is 2.18. The SMILES string of the molecule is Cc1cc(C(=O)N(C)CC(C)C(=O)O)c(C)n1Cc1ccccn1. The molecule has 0 aliphatic heterocycles. The molecule has 0 spiro atoms. The van der Waals surface area contributed by atoms with Crippen LogP contribution >= 0.6 is 0 Å². The molecule has 0 aliphatic carbocycles. The van der Waals surface area contributed by atoms with E-state index in [2.05, 4.69) is 4.98 Å². The molecule has 1 unspecified atom stereocenters. The molecule has 0 saturated carbocycles. The van der Waals surface area contributed by atoms with Gasteiger partial charge < -0.3 is 14.6 Å². The molecule has 2 heterocycles. The van der Waals surface area contributed by atoms with Gasteiger partial charge in [0.25, 0.3) is 5.91 Å². The van der Waals surface area contributed by atoms with Crippen molar-refractivity contribution in [2.24, 2.45) is 5.92 Å². The summed E-state index contributed by atoms with van der Waals surface area (Å²) in [6.07, 6.45) is 1.75. The first-order valence-corrected chi connectivity index (χ1v) is 7.86. The quantitative estimate of drug-likeness (QED) is 0.882. The van der Waals surface area contributed by atoms with Gasteiger partial charge in [0.2, 0.25) is 0 Å². The molecule has 2 aromatic rings. The lowest BCUT2D eigenvalue weighted by atomic mass is 10.1. The predicted molar refractivity (Wildman–Crippen MR) is 91.0 cm³/mol. The van der Waals surface area contributed by atoms with Gasteiger partial charge in [-0.15, -0.1) is 0 Å². The highest BCUT2D eigenvalue weighted by Gasteiger charge is 2.22. The number of carboxylic acid groups (broad SMARTS) is 1. The first-order valence-electron chi connectivity index (χ1n) is 7.86. The van der Waals surface area contributed by atoms with E-state index in [0.29, 0.717) is 12.1 Å². The van der Waals surface area contributed by atoms with E-state index >= 15 is 0 Å². The number of rotatable bonds is 6. The number of pyridine rings is 1. The summed E-state index contributed by atoms with van der Waals surface area (Å²) in [5, 5.41) is 9.00. The third kappa shape index (κ3) is 3.82. The zero-order valence-corrected chi connectivity index (χ0v) is 14.5. The van der Waals surface area contributed by atoms with Crippen molar-refractivity contribution in [2.75, 3.05) is 13.6 Å². The molecule has 0 bridgehead atoms. The summed E-state index contributed by atoms with van der Waals surface area (Å²) in [5.41, 5.74) is 3.36. The lowest BCUT2D eigenvalue weighted by molar-refractivity contribution is -0.141. The average molecular weight is 329 g/mol. The molecular formula is C18H23N3O3. The fourth-order valence-corrected chi connectivity index (χ4v) is 2.69. The molecule has 0 radical (unpaired) electrons. The van der Waals surface area contributed by atoms with Crippen molar-refractivity contribution >= 4 is 11.9 Å². The van der Waals surface area contributed by atoms with Gasteiger partial charge in [0.1, 0.15) is 0 Å². The van der Waals surface area contributed by atoms with Gasteiger partial charge in [-0.05, 0) is 32.0 Å². The zero-order valence-electron chi connectivity index (χ0n) is 14.5. The Balaban J connectivity index is 2.21. The minimum Gasteiger partial charge on any atom is -0.481 e. The van der Waals surface area contributed by atoms with Crippen LogP contribution in [0.4, 0.5) is 0 Å². The molecule has 24 heavy (non-hydrogen) atoms. The van der Waals surface area contributed by atoms with Crippen LogP contribution in [-0.2, 0) is 11.3 Å². The topological polar surface area (TPSA) is 75.4 Å². The standard InChI is InChI=1S/C18H23N3O3/c1-12(18(23)24)10-20(4)17(22)16-9-13(2)21(14(16)3)11-15-7-5-6-8-19-15/h5-9,12H,10-11H2,1-4H3,(H,23,24). The van der Waals surface area contributed by atoms with E-state index in [1.165, 1.54) is 4.90 Å². The summed E-state index contributed by atoms with van der Waals surface area (Å²) in [5.74, 6) is -1.67. The molecule has 1 amide bonds. The molecule has 128 valence electrons. The van der Waals surface area contributed by atoms with E-state index < -0.39 is 11.9 Å². The van der Waals surface area contributed by atoms with E-state index in [9.17, 15) is 9.59 Å². The minimum absolute atomic E-state index is 0.163. The van der Waals surface area contributed by atoms with Crippen molar-refractivity contribution in [3.8, 4) is 0 Å². The lowest BCUT2D eigenvalue weighted by Crippen LogP contribution is -2.33. The number of aliphatic carboxylic acids is 1. The predicted octanol–water partition coefficient (Wildman–Crippen LogP) is 2.34. The molecule has 0 aliphatic rings. The van der Waals surface area contributed by atoms with Gasteiger partial charge in [0, 0.05) is 31.2 Å². The van der Waals surface area contributed by atoms with E-state index in [0.717, 1.165) is 17.1 Å². The lowest BCUT2D eigenvalue weighted by Gasteiger charge is -2.19. The second-order valence-electron chi connectivity index (χ2n) is 6.12. The second-order valence-corrected chi connectivity index (χ2v) is 6.12. The van der Waals surface area contributed by atoms with Crippen LogP contribution in [0, 0.1) is 19.8 Å². The van der Waals surface area contributed by atoms with E-state index in [1.807, 2.05) is 42.7 Å². The molecule has 6 nitrogen and oxygen atoms in total. The monoisotopic (exact) mass is 329 g/mol. The van der Waals surface area contributed by atoms with Gasteiger partial charge in [-0.2, -0.15) is 0 Å². The number of nitrogens with zero attached hydrogens (tertiary/aromatic N) is 3. The number of aryl methyl sites for hydroxylation is 1. The number of hydrogen-bond acceptors (Lipinski definition) is 3. The molecule has 6 heteroatoms. The summed E-state index contributed by atoms with van der Waals surface area (Å²) < 4.78 is 2.05. The molecule has 0 aromatic carbocycles. The Kier molecular flexibility index (Phi) is 5.39. The summed E-state index contributed by atoms with van der Waals surface area (Å²) in [7, 11) is 1.63.